The lowest BCUT2D eigenvalue weighted by Gasteiger charge is -2.36. The van der Waals surface area contributed by atoms with E-state index < -0.39 is 11.6 Å². The first-order valence-electron chi connectivity index (χ1n) is 6.13. The molecule has 4 heteroatoms. The van der Waals surface area contributed by atoms with Crippen LogP contribution >= 0.6 is 0 Å². The topological polar surface area (TPSA) is 66.8 Å². The van der Waals surface area contributed by atoms with Gasteiger partial charge in [-0.3, -0.25) is 4.79 Å². The van der Waals surface area contributed by atoms with Crippen LogP contribution in [0, 0.1) is 6.92 Å². The Bertz CT molecular complexity index is 481. The predicted octanol–water partition coefficient (Wildman–Crippen LogP) is 2.65. The minimum atomic E-state index is -0.798. The van der Waals surface area contributed by atoms with Crippen LogP contribution in [0.1, 0.15) is 37.3 Å². The number of carboxylic acids is 1. The maximum absolute atomic E-state index is 10.7. The van der Waals surface area contributed by atoms with Gasteiger partial charge in [0.2, 0.25) is 0 Å². The minimum absolute atomic E-state index is 0.114. The molecule has 0 amide bonds. The van der Waals surface area contributed by atoms with Gasteiger partial charge in [-0.05, 0) is 56.4 Å². The molecule has 18 heavy (non-hydrogen) atoms. The van der Waals surface area contributed by atoms with Crippen molar-refractivity contribution in [3.63, 3.8) is 0 Å². The number of rotatable bonds is 3. The number of aromatic hydroxyl groups is 1. The molecular weight excluding hydrogens is 232 g/mol. The largest absolute Gasteiger partial charge is 0.508 e. The lowest BCUT2D eigenvalue weighted by Crippen LogP contribution is -2.37. The first kappa shape index (κ1) is 12.7. The van der Waals surface area contributed by atoms with Gasteiger partial charge in [-0.1, -0.05) is 0 Å². The van der Waals surface area contributed by atoms with Gasteiger partial charge in [-0.15, -0.1) is 0 Å². The Balaban J connectivity index is 2.21. The van der Waals surface area contributed by atoms with Gasteiger partial charge in [0.05, 0.1) is 0 Å². The summed E-state index contributed by atoms with van der Waals surface area (Å²) in [7, 11) is 0. The summed E-state index contributed by atoms with van der Waals surface area (Å²) in [6.45, 7) is 3.84. The molecule has 0 unspecified atom stereocenters. The molecule has 2 rings (SSSR count). The SMILES string of the molecule is Cc1cc(O)cc2c1O[C@@](C)(CCC(=O)O)CC2. The summed E-state index contributed by atoms with van der Waals surface area (Å²) in [5.41, 5.74) is 1.47. The van der Waals surface area contributed by atoms with Crippen LogP contribution in [-0.2, 0) is 11.2 Å². The van der Waals surface area contributed by atoms with Crippen LogP contribution in [0.5, 0.6) is 11.5 Å². The minimum Gasteiger partial charge on any atom is -0.508 e. The van der Waals surface area contributed by atoms with E-state index in [1.165, 1.54) is 0 Å². The maximum Gasteiger partial charge on any atom is 0.303 e. The molecule has 0 saturated carbocycles. The van der Waals surface area contributed by atoms with Crippen molar-refractivity contribution in [3.8, 4) is 11.5 Å². The monoisotopic (exact) mass is 250 g/mol. The maximum atomic E-state index is 10.7. The number of benzene rings is 1. The molecule has 0 spiro atoms. The van der Waals surface area contributed by atoms with E-state index in [4.69, 9.17) is 9.84 Å². The average Bonchev–Trinajstić information content (AvgIpc) is 2.28. The highest BCUT2D eigenvalue weighted by molar-refractivity contribution is 5.66. The van der Waals surface area contributed by atoms with E-state index in [0.717, 1.165) is 29.7 Å². The van der Waals surface area contributed by atoms with Crippen LogP contribution in [0.2, 0.25) is 0 Å². The van der Waals surface area contributed by atoms with Gasteiger partial charge in [0, 0.05) is 6.42 Å². The zero-order chi connectivity index (χ0) is 13.3. The van der Waals surface area contributed by atoms with Crippen LogP contribution in [0.4, 0.5) is 0 Å². The zero-order valence-corrected chi connectivity index (χ0v) is 10.7. The highest BCUT2D eigenvalue weighted by atomic mass is 16.5. The summed E-state index contributed by atoms with van der Waals surface area (Å²) in [5.74, 6) is 0.254. The van der Waals surface area contributed by atoms with Crippen molar-refractivity contribution in [1.29, 1.82) is 0 Å². The number of fused-ring (bicyclic) bond motifs is 1. The quantitative estimate of drug-likeness (QED) is 0.865. The molecule has 1 heterocycles. The third kappa shape index (κ3) is 2.58. The van der Waals surface area contributed by atoms with E-state index in [2.05, 4.69) is 0 Å². The Morgan fingerprint density at radius 3 is 2.89 bits per heavy atom. The molecule has 1 aliphatic rings. The molecule has 4 nitrogen and oxygen atoms in total. The predicted molar refractivity (Wildman–Crippen MR) is 67.1 cm³/mol. The Labute approximate surface area is 106 Å². The van der Waals surface area contributed by atoms with Crippen molar-refractivity contribution < 1.29 is 19.7 Å². The van der Waals surface area contributed by atoms with Crippen molar-refractivity contribution in [1.82, 2.24) is 0 Å². The van der Waals surface area contributed by atoms with Crippen molar-refractivity contribution >= 4 is 5.97 Å². The molecule has 0 aliphatic carbocycles. The molecular formula is C14H18O4. The van der Waals surface area contributed by atoms with Crippen LogP contribution in [0.3, 0.4) is 0 Å². The van der Waals surface area contributed by atoms with E-state index in [1.807, 2.05) is 13.8 Å². The first-order valence-corrected chi connectivity index (χ1v) is 6.13. The summed E-state index contributed by atoms with van der Waals surface area (Å²) in [5, 5.41) is 18.3. The van der Waals surface area contributed by atoms with Crippen molar-refractivity contribution in [2.45, 2.75) is 45.1 Å². The van der Waals surface area contributed by atoms with Crippen LogP contribution < -0.4 is 4.74 Å². The van der Waals surface area contributed by atoms with Gasteiger partial charge in [0.1, 0.15) is 17.1 Å². The Kier molecular flexibility index (Phi) is 3.20. The fourth-order valence-electron chi connectivity index (χ4n) is 2.40. The van der Waals surface area contributed by atoms with Crippen molar-refractivity contribution in [2.24, 2.45) is 0 Å². The summed E-state index contributed by atoms with van der Waals surface area (Å²) >= 11 is 0. The number of carbonyl (C=O) groups is 1. The fourth-order valence-corrected chi connectivity index (χ4v) is 2.40. The standard InChI is InChI=1S/C14H18O4/c1-9-7-11(15)8-10-3-5-14(2,18-13(9)10)6-4-12(16)17/h7-8,15H,3-6H2,1-2H3,(H,16,17)/t14-/m1/s1. The highest BCUT2D eigenvalue weighted by Gasteiger charge is 2.32. The first-order chi connectivity index (χ1) is 8.39. The lowest BCUT2D eigenvalue weighted by atomic mass is 9.88. The van der Waals surface area contributed by atoms with Gasteiger partial charge in [-0.2, -0.15) is 0 Å². The number of aliphatic carboxylic acids is 1. The van der Waals surface area contributed by atoms with E-state index in [9.17, 15) is 9.90 Å². The number of aryl methyl sites for hydroxylation is 2. The number of phenols is 1. The number of ether oxygens (including phenoxy) is 1. The summed E-state index contributed by atoms with van der Waals surface area (Å²) in [6, 6.07) is 3.39. The Morgan fingerprint density at radius 1 is 1.50 bits per heavy atom. The number of phenolic OH excluding ortho intramolecular Hbond substituents is 1. The molecule has 0 fully saturated rings. The van der Waals surface area contributed by atoms with Crippen molar-refractivity contribution in [3.05, 3.63) is 23.3 Å². The van der Waals surface area contributed by atoms with Crippen LogP contribution in [-0.4, -0.2) is 21.8 Å². The molecule has 1 aromatic carbocycles. The highest BCUT2D eigenvalue weighted by Crippen LogP contribution is 2.39. The fraction of sp³-hybridized carbons (Fsp3) is 0.500. The number of hydrogen-bond donors (Lipinski definition) is 2. The molecule has 0 saturated heterocycles. The second-order valence-corrected chi connectivity index (χ2v) is 5.20. The molecule has 0 bridgehead atoms. The third-order valence-electron chi connectivity index (χ3n) is 3.48. The second kappa shape index (κ2) is 4.52. The molecule has 1 atom stereocenters. The number of hydrogen-bond acceptors (Lipinski definition) is 3. The van der Waals surface area contributed by atoms with E-state index >= 15 is 0 Å². The second-order valence-electron chi connectivity index (χ2n) is 5.20. The summed E-state index contributed by atoms with van der Waals surface area (Å²) in [6.07, 6.45) is 2.20. The van der Waals surface area contributed by atoms with Gasteiger partial charge in [-0.25, -0.2) is 0 Å². The zero-order valence-electron chi connectivity index (χ0n) is 10.7. The van der Waals surface area contributed by atoms with E-state index in [0.29, 0.717) is 6.42 Å². The van der Waals surface area contributed by atoms with Crippen LogP contribution in [0.15, 0.2) is 12.1 Å². The Hall–Kier alpha value is -1.71. The molecule has 1 aromatic rings. The molecule has 1 aliphatic heterocycles. The van der Waals surface area contributed by atoms with Gasteiger partial charge < -0.3 is 14.9 Å². The van der Waals surface area contributed by atoms with Gasteiger partial charge >= 0.3 is 5.97 Å². The lowest BCUT2D eigenvalue weighted by molar-refractivity contribution is -0.138. The van der Waals surface area contributed by atoms with Crippen LogP contribution in [0.25, 0.3) is 0 Å². The summed E-state index contributed by atoms with van der Waals surface area (Å²) in [4.78, 5) is 10.7. The summed E-state index contributed by atoms with van der Waals surface area (Å²) < 4.78 is 5.98. The number of carboxylic acid groups (broad SMARTS) is 1. The van der Waals surface area contributed by atoms with E-state index in [1.54, 1.807) is 12.1 Å². The normalized spacial score (nSPS) is 22.1. The molecule has 2 N–H and O–H groups in total. The molecule has 0 aromatic heterocycles. The van der Waals surface area contributed by atoms with Gasteiger partial charge in [0.25, 0.3) is 0 Å². The van der Waals surface area contributed by atoms with Gasteiger partial charge in [0.15, 0.2) is 0 Å². The van der Waals surface area contributed by atoms with Crippen molar-refractivity contribution in [2.75, 3.05) is 0 Å². The molecule has 98 valence electrons. The third-order valence-corrected chi connectivity index (χ3v) is 3.48. The Morgan fingerprint density at radius 2 is 2.22 bits per heavy atom. The average molecular weight is 250 g/mol. The smallest absolute Gasteiger partial charge is 0.303 e. The van der Waals surface area contributed by atoms with E-state index in [-0.39, 0.29) is 12.2 Å². The molecule has 0 radical (unpaired) electrons.